The molecule has 11 nitrogen and oxygen atoms in total. The van der Waals surface area contributed by atoms with Gasteiger partial charge in [-0.15, -0.1) is 0 Å². The number of carbonyl (C=O) groups is 4. The monoisotopic (exact) mass is 759 g/mol. The summed E-state index contributed by atoms with van der Waals surface area (Å²) in [5, 5.41) is 18.5. The van der Waals surface area contributed by atoms with Gasteiger partial charge in [-0.2, -0.15) is 0 Å². The highest BCUT2D eigenvalue weighted by molar-refractivity contribution is 5.86. The minimum absolute atomic E-state index is 0.0246. The number of hydrogen-bond acceptors (Lipinski definition) is 8. The molecule has 1 aliphatic carbocycles. The van der Waals surface area contributed by atoms with E-state index in [0.29, 0.717) is 12.8 Å². The quantitative estimate of drug-likeness (QED) is 0.102. The van der Waals surface area contributed by atoms with E-state index < -0.39 is 42.0 Å². The van der Waals surface area contributed by atoms with Crippen molar-refractivity contribution in [2.45, 2.75) is 62.8 Å². The third kappa shape index (κ3) is 11.1. The Morgan fingerprint density at radius 2 is 1.46 bits per heavy atom. The topological polar surface area (TPSA) is 152 Å². The number of fused-ring (bicyclic) bond motifs is 3. The summed E-state index contributed by atoms with van der Waals surface area (Å²) in [5.74, 6) is -2.32. The molecule has 0 aromatic heterocycles. The lowest BCUT2D eigenvalue weighted by Gasteiger charge is -2.24. The zero-order chi connectivity index (χ0) is 39.1. The molecule has 1 heterocycles. The van der Waals surface area contributed by atoms with Crippen LogP contribution >= 0.6 is 0 Å². The Kier molecular flexibility index (Phi) is 14.4. The van der Waals surface area contributed by atoms with Crippen LogP contribution in [0.25, 0.3) is 11.1 Å². The smallest absolute Gasteiger partial charge is 0.407 e. The lowest BCUT2D eigenvalue weighted by Crippen LogP contribution is -2.48. The van der Waals surface area contributed by atoms with Crippen molar-refractivity contribution in [1.82, 2.24) is 16.0 Å². The van der Waals surface area contributed by atoms with Crippen molar-refractivity contribution in [2.24, 2.45) is 5.92 Å². The molecular formula is C45H49N3O8. The van der Waals surface area contributed by atoms with Gasteiger partial charge in [-0.05, 0) is 59.1 Å². The average Bonchev–Trinajstić information content (AvgIpc) is 3.54. The number of allylic oxidation sites excluding steroid dienone is 2. The first kappa shape index (κ1) is 39.9. The van der Waals surface area contributed by atoms with E-state index >= 15 is 0 Å². The first-order valence-corrected chi connectivity index (χ1v) is 19.2. The minimum atomic E-state index is -1.01. The molecule has 0 unspecified atom stereocenters. The average molecular weight is 760 g/mol. The minimum Gasteiger partial charge on any atom is -0.462 e. The number of aliphatic hydroxyl groups excluding tert-OH is 1. The predicted molar refractivity (Wildman–Crippen MR) is 211 cm³/mol. The fraction of sp³-hybridized carbons (Fsp3) is 0.333. The van der Waals surface area contributed by atoms with Gasteiger partial charge >= 0.3 is 12.1 Å². The summed E-state index contributed by atoms with van der Waals surface area (Å²) >= 11 is 0. The normalized spacial score (nSPS) is 19.1. The molecule has 0 saturated carbocycles. The number of alkyl carbamates (subject to hydrolysis) is 1. The summed E-state index contributed by atoms with van der Waals surface area (Å²) in [6.07, 6.45) is 4.07. The van der Waals surface area contributed by atoms with Crippen LogP contribution in [0.1, 0.15) is 53.9 Å². The number of aliphatic hydroxyl groups is 1. The van der Waals surface area contributed by atoms with Crippen molar-refractivity contribution in [1.29, 1.82) is 0 Å². The van der Waals surface area contributed by atoms with Crippen molar-refractivity contribution < 1.29 is 38.5 Å². The first-order valence-electron chi connectivity index (χ1n) is 19.2. The van der Waals surface area contributed by atoms with Crippen molar-refractivity contribution in [3.8, 4) is 11.1 Å². The van der Waals surface area contributed by atoms with Crippen LogP contribution in [0.4, 0.5) is 4.79 Å². The molecule has 0 spiro atoms. The lowest BCUT2D eigenvalue weighted by molar-refractivity contribution is -0.148. The van der Waals surface area contributed by atoms with Gasteiger partial charge in [0.15, 0.2) is 0 Å². The second kappa shape index (κ2) is 20.2. The van der Waals surface area contributed by atoms with E-state index in [1.165, 1.54) is 0 Å². The van der Waals surface area contributed by atoms with Crippen LogP contribution in [-0.4, -0.2) is 73.5 Å². The van der Waals surface area contributed by atoms with Gasteiger partial charge in [0.05, 0.1) is 37.8 Å². The maximum atomic E-state index is 13.7. The Morgan fingerprint density at radius 1 is 0.821 bits per heavy atom. The van der Waals surface area contributed by atoms with Crippen LogP contribution in [0.2, 0.25) is 0 Å². The molecule has 0 bridgehead atoms. The second-order valence-corrected chi connectivity index (χ2v) is 14.2. The Balaban J connectivity index is 1.10. The van der Waals surface area contributed by atoms with Gasteiger partial charge in [-0.25, -0.2) is 9.59 Å². The third-order valence-corrected chi connectivity index (χ3v) is 10.0. The van der Waals surface area contributed by atoms with Gasteiger partial charge in [-0.3, -0.25) is 9.59 Å². The number of cyclic esters (lactones) is 1. The predicted octanol–water partition coefficient (Wildman–Crippen LogP) is 5.60. The highest BCUT2D eigenvalue weighted by atomic mass is 16.6. The molecule has 3 amide bonds. The molecule has 0 fully saturated rings. The number of esters is 1. The Labute approximate surface area is 327 Å². The third-order valence-electron chi connectivity index (χ3n) is 10.0. The van der Waals surface area contributed by atoms with Gasteiger partial charge in [-0.1, -0.05) is 121 Å². The molecule has 4 aromatic carbocycles. The number of rotatable bonds is 13. The van der Waals surface area contributed by atoms with E-state index in [9.17, 15) is 24.3 Å². The molecule has 1 aliphatic heterocycles. The number of ether oxygens (including phenoxy) is 3. The van der Waals surface area contributed by atoms with Gasteiger partial charge in [0.2, 0.25) is 11.8 Å². The molecule has 4 atom stereocenters. The summed E-state index contributed by atoms with van der Waals surface area (Å²) < 4.78 is 17.4. The number of amides is 3. The molecular weight excluding hydrogens is 711 g/mol. The van der Waals surface area contributed by atoms with Gasteiger partial charge in [0, 0.05) is 12.3 Å². The highest BCUT2D eigenvalue weighted by Crippen LogP contribution is 2.44. The van der Waals surface area contributed by atoms with Crippen LogP contribution < -0.4 is 16.0 Å². The molecule has 292 valence electrons. The van der Waals surface area contributed by atoms with Crippen LogP contribution in [0.3, 0.4) is 0 Å². The molecule has 6 rings (SSSR count). The summed E-state index contributed by atoms with van der Waals surface area (Å²) in [7, 11) is 0. The fourth-order valence-electron chi connectivity index (χ4n) is 7.15. The molecule has 2 aliphatic rings. The van der Waals surface area contributed by atoms with E-state index in [4.69, 9.17) is 14.2 Å². The van der Waals surface area contributed by atoms with Crippen LogP contribution in [0.5, 0.6) is 0 Å². The van der Waals surface area contributed by atoms with Crippen molar-refractivity contribution in [3.05, 3.63) is 144 Å². The summed E-state index contributed by atoms with van der Waals surface area (Å²) in [6, 6.07) is 32.9. The zero-order valence-corrected chi connectivity index (χ0v) is 31.3. The Hall–Kier alpha value is -5.78. The van der Waals surface area contributed by atoms with Gasteiger partial charge in [0.1, 0.15) is 19.3 Å². The summed E-state index contributed by atoms with van der Waals surface area (Å²) in [5.41, 5.74) is 6.27. The number of hydrogen-bond donors (Lipinski definition) is 4. The lowest BCUT2D eigenvalue weighted by atomic mass is 9.98. The maximum absolute atomic E-state index is 13.7. The molecule has 56 heavy (non-hydrogen) atoms. The molecule has 0 saturated heterocycles. The standard InChI is InChI=1S/C45H49N3O8/c49-26-34(24-31-14-4-1-5-15-31)46-42(50)25-33-18-8-3-9-23-41(44(52)55-29-35(47-43(33)51)28-54-27-32-16-6-2-7-17-32)48-45(53)56-30-40-38-21-12-10-19-36(38)37-20-11-13-22-39(37)40/h1-8,10-17,19-22,33-35,40-41,49H,9,18,23-30H2,(H,46,50)(H,47,51)(H,48,53)/t33-,34+,35+,41+/m1/s1. The molecule has 4 aromatic rings. The van der Waals surface area contributed by atoms with Crippen LogP contribution in [0.15, 0.2) is 121 Å². The van der Waals surface area contributed by atoms with Crippen LogP contribution in [0, 0.1) is 5.92 Å². The van der Waals surface area contributed by atoms with Crippen molar-refractivity contribution in [3.63, 3.8) is 0 Å². The van der Waals surface area contributed by atoms with Gasteiger partial charge in [0.25, 0.3) is 0 Å². The van der Waals surface area contributed by atoms with E-state index in [1.807, 2.05) is 103 Å². The largest absolute Gasteiger partial charge is 0.462 e. The second-order valence-electron chi connectivity index (χ2n) is 14.2. The van der Waals surface area contributed by atoms with Crippen molar-refractivity contribution >= 4 is 23.9 Å². The SMILES string of the molecule is O=C(C[C@H]1CC=CCC[C@H](NC(=O)OCC2c3ccccc3-c3ccccc32)C(=O)OC[C@H](COCc2ccccc2)NC1=O)N[C@H](CO)Cc1ccccc1. The number of benzene rings is 4. The summed E-state index contributed by atoms with van der Waals surface area (Å²) in [6.45, 7) is -0.0931. The maximum Gasteiger partial charge on any atom is 0.407 e. The van der Waals surface area contributed by atoms with Gasteiger partial charge < -0.3 is 35.3 Å². The number of nitrogens with one attached hydrogen (secondary N) is 3. The van der Waals surface area contributed by atoms with E-state index in [2.05, 4.69) is 28.1 Å². The molecule has 4 N–H and O–H groups in total. The van der Waals surface area contributed by atoms with Crippen molar-refractivity contribution in [2.75, 3.05) is 26.4 Å². The fourth-order valence-corrected chi connectivity index (χ4v) is 7.15. The van der Waals surface area contributed by atoms with Crippen LogP contribution in [-0.2, 0) is 41.6 Å². The van der Waals surface area contributed by atoms with E-state index in [1.54, 1.807) is 6.08 Å². The van der Waals surface area contributed by atoms with E-state index in [-0.39, 0.29) is 64.1 Å². The first-order chi connectivity index (χ1) is 27.4. The van der Waals surface area contributed by atoms with E-state index in [0.717, 1.165) is 33.4 Å². The Bertz CT molecular complexity index is 1910. The molecule has 0 radical (unpaired) electrons. The Morgan fingerprint density at radius 3 is 2.14 bits per heavy atom. The summed E-state index contributed by atoms with van der Waals surface area (Å²) in [4.78, 5) is 53.7. The zero-order valence-electron chi connectivity index (χ0n) is 31.3. The highest BCUT2D eigenvalue weighted by Gasteiger charge is 2.31. The number of carbonyl (C=O) groups excluding carboxylic acids is 4. The molecule has 11 heteroatoms.